The molecule has 0 unspecified atom stereocenters. The predicted molar refractivity (Wildman–Crippen MR) is 116 cm³/mol. The van der Waals surface area contributed by atoms with E-state index in [4.69, 9.17) is 11.6 Å². The van der Waals surface area contributed by atoms with Crippen molar-refractivity contribution in [2.24, 2.45) is 0 Å². The predicted octanol–water partition coefficient (Wildman–Crippen LogP) is 6.91. The van der Waals surface area contributed by atoms with Crippen LogP contribution in [-0.2, 0) is 0 Å². The van der Waals surface area contributed by atoms with Crippen molar-refractivity contribution in [2.45, 2.75) is 79.0 Å². The van der Waals surface area contributed by atoms with Gasteiger partial charge in [0.05, 0.1) is 0 Å². The Kier molecular flexibility index (Phi) is 9.67. The number of halogens is 3. The zero-order chi connectivity index (χ0) is 20.6. The molecule has 7 heteroatoms. The second-order valence-corrected chi connectivity index (χ2v) is 21.2. The molecule has 1 aromatic carbocycles. The van der Waals surface area contributed by atoms with Crippen LogP contribution in [0, 0.1) is 0 Å². The summed E-state index contributed by atoms with van der Waals surface area (Å²) >= 11 is 3.62. The molecule has 156 valence electrons. The number of hydrogen-bond acceptors (Lipinski definition) is 2. The summed E-state index contributed by atoms with van der Waals surface area (Å²) < 4.78 is 32.8. The van der Waals surface area contributed by atoms with Crippen LogP contribution in [0.2, 0.25) is 18.3 Å². The number of benzene rings is 1. The molecule has 0 atom stereocenters. The van der Waals surface area contributed by atoms with Crippen molar-refractivity contribution in [1.29, 1.82) is 0 Å². The quantitative estimate of drug-likeness (QED) is 0.286. The summed E-state index contributed by atoms with van der Waals surface area (Å²) in [5.41, 5.74) is 0.625. The minimum atomic E-state index is -2.82. The molecular formula is C21H32ClF2N3Sn. The van der Waals surface area contributed by atoms with Crippen molar-refractivity contribution in [3.8, 4) is 5.69 Å². The summed E-state index contributed by atoms with van der Waals surface area (Å²) in [5, 5.41) is 8.43. The molecule has 0 radical (unpaired) electrons. The maximum atomic E-state index is 13.1. The molecule has 0 spiro atoms. The van der Waals surface area contributed by atoms with E-state index >= 15 is 0 Å². The van der Waals surface area contributed by atoms with E-state index in [0.29, 0.717) is 0 Å². The van der Waals surface area contributed by atoms with Crippen LogP contribution in [0.5, 0.6) is 0 Å². The van der Waals surface area contributed by atoms with Gasteiger partial charge in [0.15, 0.2) is 0 Å². The zero-order valence-corrected chi connectivity index (χ0v) is 20.8. The van der Waals surface area contributed by atoms with Crippen LogP contribution < -0.4 is 3.58 Å². The van der Waals surface area contributed by atoms with Crippen LogP contribution in [0.25, 0.3) is 5.69 Å². The number of aromatic nitrogens is 3. The molecule has 0 aliphatic rings. The minimum absolute atomic E-state index is 0.280. The third kappa shape index (κ3) is 5.91. The van der Waals surface area contributed by atoms with Gasteiger partial charge in [-0.1, -0.05) is 0 Å². The second kappa shape index (κ2) is 11.5. The van der Waals surface area contributed by atoms with E-state index < -0.39 is 24.8 Å². The molecule has 28 heavy (non-hydrogen) atoms. The van der Waals surface area contributed by atoms with Crippen LogP contribution in [0.4, 0.5) is 8.78 Å². The first-order valence-electron chi connectivity index (χ1n) is 10.5. The fraction of sp³-hybridized carbons (Fsp3) is 0.619. The number of alkyl halides is 2. The molecular weight excluding hydrogens is 486 g/mol. The summed E-state index contributed by atoms with van der Waals surface area (Å²) in [6, 6.07) is 5.88. The van der Waals surface area contributed by atoms with Gasteiger partial charge in [0, 0.05) is 0 Å². The van der Waals surface area contributed by atoms with Crippen LogP contribution in [0.1, 0.15) is 71.4 Å². The first-order valence-corrected chi connectivity index (χ1v) is 18.3. The Labute approximate surface area is 176 Å². The van der Waals surface area contributed by atoms with Gasteiger partial charge < -0.3 is 0 Å². The van der Waals surface area contributed by atoms with Gasteiger partial charge in [0.1, 0.15) is 0 Å². The first kappa shape index (κ1) is 23.6. The van der Waals surface area contributed by atoms with Crippen molar-refractivity contribution < 1.29 is 8.78 Å². The Bertz CT molecular complexity index is 714. The number of unbranched alkanes of at least 4 members (excludes halogenated alkanes) is 3. The Hall–Kier alpha value is -0.691. The average Bonchev–Trinajstić information content (AvgIpc) is 3.18. The summed E-state index contributed by atoms with van der Waals surface area (Å²) in [4.78, 5) is 0. The molecule has 2 rings (SSSR count). The number of rotatable bonds is 12. The van der Waals surface area contributed by atoms with Crippen molar-refractivity contribution in [3.05, 3.63) is 35.1 Å². The van der Waals surface area contributed by atoms with Crippen LogP contribution in [0.15, 0.2) is 24.4 Å². The topological polar surface area (TPSA) is 30.7 Å². The Morgan fingerprint density at radius 1 is 1.00 bits per heavy atom. The fourth-order valence-electron chi connectivity index (χ4n) is 3.95. The SMILES string of the molecule is CCC[CH2][Sn]([CH2]CCC)([CH2]CCC)[c]1cc(Cl)ccc1-n1cc(C(F)F)nn1. The normalized spacial score (nSPS) is 12.1. The molecule has 3 nitrogen and oxygen atoms in total. The van der Waals surface area contributed by atoms with Crippen molar-refractivity contribution >= 4 is 33.6 Å². The molecule has 0 saturated heterocycles. The van der Waals surface area contributed by atoms with Crippen molar-refractivity contribution in [3.63, 3.8) is 0 Å². The Morgan fingerprint density at radius 2 is 1.57 bits per heavy atom. The monoisotopic (exact) mass is 519 g/mol. The summed E-state index contributed by atoms with van der Waals surface area (Å²) in [6.07, 6.45) is 5.92. The third-order valence-electron chi connectivity index (χ3n) is 5.54. The van der Waals surface area contributed by atoms with Gasteiger partial charge in [-0.2, -0.15) is 0 Å². The van der Waals surface area contributed by atoms with Gasteiger partial charge in [-0.3, -0.25) is 0 Å². The average molecular weight is 519 g/mol. The Balaban J connectivity index is 2.59. The Morgan fingerprint density at radius 3 is 2.04 bits per heavy atom. The molecule has 0 bridgehead atoms. The molecule has 1 aromatic heterocycles. The molecule has 0 amide bonds. The molecule has 2 aromatic rings. The molecule has 0 fully saturated rings. The zero-order valence-electron chi connectivity index (χ0n) is 17.2. The van der Waals surface area contributed by atoms with Gasteiger partial charge in [0.2, 0.25) is 0 Å². The van der Waals surface area contributed by atoms with E-state index in [0.717, 1.165) is 10.7 Å². The van der Waals surface area contributed by atoms with E-state index in [1.165, 1.54) is 61.6 Å². The van der Waals surface area contributed by atoms with Gasteiger partial charge in [-0.05, 0) is 0 Å². The van der Waals surface area contributed by atoms with Crippen molar-refractivity contribution in [2.75, 3.05) is 0 Å². The fourth-order valence-corrected chi connectivity index (χ4v) is 21.1. The number of nitrogens with zero attached hydrogens (tertiary/aromatic N) is 3. The van der Waals surface area contributed by atoms with Crippen LogP contribution >= 0.6 is 11.6 Å². The van der Waals surface area contributed by atoms with E-state index in [1.54, 1.807) is 4.68 Å². The molecule has 0 saturated carbocycles. The molecule has 0 N–H and O–H groups in total. The molecule has 0 aliphatic carbocycles. The van der Waals surface area contributed by atoms with Gasteiger partial charge in [-0.15, -0.1) is 0 Å². The standard InChI is InChI=1S/C9H5ClF2N3.3C4H9.Sn/c10-6-1-3-7(4-2-6)15-5-8(9(11)12)13-14-15;3*1-3-4-2;/h1-3,5,9H;3*1,3-4H2,2H3;. The van der Waals surface area contributed by atoms with E-state index in [1.807, 2.05) is 12.1 Å². The van der Waals surface area contributed by atoms with E-state index in [-0.39, 0.29) is 5.69 Å². The van der Waals surface area contributed by atoms with E-state index in [9.17, 15) is 8.78 Å². The van der Waals surface area contributed by atoms with Gasteiger partial charge in [-0.25, -0.2) is 0 Å². The van der Waals surface area contributed by atoms with Crippen LogP contribution in [0.3, 0.4) is 0 Å². The van der Waals surface area contributed by atoms with E-state index in [2.05, 4.69) is 37.1 Å². The summed E-state index contributed by atoms with van der Waals surface area (Å²) in [5.74, 6) is 0. The molecule has 1 heterocycles. The van der Waals surface area contributed by atoms with Crippen LogP contribution in [-0.4, -0.2) is 33.4 Å². The van der Waals surface area contributed by atoms with Crippen molar-refractivity contribution in [1.82, 2.24) is 15.0 Å². The van der Waals surface area contributed by atoms with Gasteiger partial charge >= 0.3 is 177 Å². The molecule has 0 aliphatic heterocycles. The number of hydrogen-bond donors (Lipinski definition) is 0. The van der Waals surface area contributed by atoms with Gasteiger partial charge in [0.25, 0.3) is 0 Å². The first-order chi connectivity index (χ1) is 13.5. The summed E-state index contributed by atoms with van der Waals surface area (Å²) in [6.45, 7) is 6.71. The second-order valence-electron chi connectivity index (χ2n) is 7.64. The maximum absolute atomic E-state index is 13.1. The third-order valence-corrected chi connectivity index (χ3v) is 21.4. The summed E-state index contributed by atoms with van der Waals surface area (Å²) in [7, 11) is 0.